The van der Waals surface area contributed by atoms with Crippen molar-refractivity contribution >= 4 is 0 Å². The molecule has 0 aliphatic heterocycles. The maximum Gasteiger partial charge on any atom is 0.0270 e. The zero-order chi connectivity index (χ0) is 5.98. The summed E-state index contributed by atoms with van der Waals surface area (Å²) in [4.78, 5) is 0. The summed E-state index contributed by atoms with van der Waals surface area (Å²) in [5.74, 6) is 0. The minimum Gasteiger partial charge on any atom is -0.0885 e. The average Bonchev–Trinajstić information content (AvgIpc) is 1.77. The molecule has 1 aliphatic rings. The third-order valence-corrected chi connectivity index (χ3v) is 0.878. The molecule has 1 aliphatic carbocycles. The third-order valence-electron chi connectivity index (χ3n) is 0.878. The van der Waals surface area contributed by atoms with Crippen molar-refractivity contribution in [2.45, 2.75) is 25.6 Å². The summed E-state index contributed by atoms with van der Waals surface area (Å²) in [5.41, 5.74) is 0. The standard InChI is InChI=1S/C6H10/c1-2-4-6-5-3-1/h1-2H,3-6H2/i5D,6D/t5-,6-/m0/s1. The van der Waals surface area contributed by atoms with Crippen molar-refractivity contribution in [3.63, 3.8) is 0 Å². The van der Waals surface area contributed by atoms with Crippen LogP contribution in [-0.2, 0) is 0 Å². The molecule has 0 heterocycles. The van der Waals surface area contributed by atoms with Gasteiger partial charge in [-0.3, -0.25) is 0 Å². The fraction of sp³-hybridized carbons (Fsp3) is 0.667. The van der Waals surface area contributed by atoms with Crippen molar-refractivity contribution in [1.29, 1.82) is 0 Å². The van der Waals surface area contributed by atoms with Crippen LogP contribution >= 0.6 is 0 Å². The molecule has 0 aromatic carbocycles. The highest BCUT2D eigenvalue weighted by atomic mass is 13.9. The van der Waals surface area contributed by atoms with Crippen molar-refractivity contribution in [3.05, 3.63) is 12.2 Å². The smallest absolute Gasteiger partial charge is 0.0270 e. The molecule has 0 saturated carbocycles. The number of hydrogen-bond donors (Lipinski definition) is 0. The van der Waals surface area contributed by atoms with E-state index in [1.807, 2.05) is 12.2 Å². The van der Waals surface area contributed by atoms with Gasteiger partial charge >= 0.3 is 0 Å². The summed E-state index contributed by atoms with van der Waals surface area (Å²) in [7, 11) is 0. The van der Waals surface area contributed by atoms with Crippen molar-refractivity contribution in [3.8, 4) is 0 Å². The summed E-state index contributed by atoms with van der Waals surface area (Å²) in [6, 6.07) is 0. The van der Waals surface area contributed by atoms with Crippen LogP contribution in [0, 0.1) is 0 Å². The van der Waals surface area contributed by atoms with Gasteiger partial charge in [-0.1, -0.05) is 12.2 Å². The molecule has 0 N–H and O–H groups in total. The molecule has 0 fully saturated rings. The van der Waals surface area contributed by atoms with Crippen LogP contribution in [0.2, 0.25) is 0 Å². The quantitative estimate of drug-likeness (QED) is 0.394. The Balaban J connectivity index is 2.44. The first kappa shape index (κ1) is 2.15. The molecular formula is C6H10. The zero-order valence-corrected chi connectivity index (χ0v) is 3.72. The first-order valence-electron chi connectivity index (χ1n) is 3.45. The van der Waals surface area contributed by atoms with Crippen LogP contribution in [0.15, 0.2) is 12.2 Å². The lowest BCUT2D eigenvalue weighted by atomic mass is 10.1. The molecule has 0 unspecified atom stereocenters. The molecule has 6 heavy (non-hydrogen) atoms. The van der Waals surface area contributed by atoms with Gasteiger partial charge < -0.3 is 0 Å². The minimum atomic E-state index is -0.167. The van der Waals surface area contributed by atoms with Crippen molar-refractivity contribution in [2.75, 3.05) is 0 Å². The Labute approximate surface area is 41.7 Å². The lowest BCUT2D eigenvalue weighted by Gasteiger charge is -1.97. The van der Waals surface area contributed by atoms with E-state index >= 15 is 0 Å². The number of hydrogen-bond acceptors (Lipinski definition) is 0. The first-order chi connectivity index (χ1) is 3.80. The fourth-order valence-corrected chi connectivity index (χ4v) is 0.542. The summed E-state index contributed by atoms with van der Waals surface area (Å²) in [5, 5.41) is 0. The van der Waals surface area contributed by atoms with E-state index in [9.17, 15) is 0 Å². The van der Waals surface area contributed by atoms with E-state index in [0.29, 0.717) is 0 Å². The van der Waals surface area contributed by atoms with Gasteiger partial charge in [0.05, 0.1) is 0 Å². The normalized spacial score (nSPS) is 50.7. The molecule has 34 valence electrons. The molecule has 0 aromatic heterocycles. The highest BCUT2D eigenvalue weighted by Gasteiger charge is 1.87. The van der Waals surface area contributed by atoms with Gasteiger partial charge in [0.1, 0.15) is 0 Å². The van der Waals surface area contributed by atoms with E-state index in [-0.39, 0.29) is 12.8 Å². The summed E-state index contributed by atoms with van der Waals surface area (Å²) in [6.07, 6.45) is 5.19. The summed E-state index contributed by atoms with van der Waals surface area (Å²) >= 11 is 0. The van der Waals surface area contributed by atoms with E-state index in [1.54, 1.807) is 0 Å². The van der Waals surface area contributed by atoms with Crippen LogP contribution in [-0.4, -0.2) is 0 Å². The van der Waals surface area contributed by atoms with E-state index in [0.717, 1.165) is 12.8 Å². The van der Waals surface area contributed by atoms with Gasteiger partial charge in [-0.25, -0.2) is 0 Å². The SMILES string of the molecule is [2H][C@H]1CC=CC[C@@H]1[2H]. The van der Waals surface area contributed by atoms with E-state index in [2.05, 4.69) is 0 Å². The van der Waals surface area contributed by atoms with Gasteiger partial charge in [-0.15, -0.1) is 0 Å². The molecule has 0 bridgehead atoms. The second-order valence-electron chi connectivity index (χ2n) is 1.41. The summed E-state index contributed by atoms with van der Waals surface area (Å²) < 4.78 is 14.5. The number of allylic oxidation sites excluding steroid dienone is 2. The van der Waals surface area contributed by atoms with Crippen molar-refractivity contribution in [1.82, 2.24) is 0 Å². The molecule has 0 amide bonds. The Hall–Kier alpha value is -0.260. The van der Waals surface area contributed by atoms with Crippen molar-refractivity contribution in [2.24, 2.45) is 0 Å². The topological polar surface area (TPSA) is 0 Å². The second-order valence-corrected chi connectivity index (χ2v) is 1.41. The van der Waals surface area contributed by atoms with Gasteiger partial charge in [0.2, 0.25) is 0 Å². The van der Waals surface area contributed by atoms with Crippen molar-refractivity contribution < 1.29 is 2.74 Å². The van der Waals surface area contributed by atoms with Gasteiger partial charge in [0, 0.05) is 2.74 Å². The first-order valence-corrected chi connectivity index (χ1v) is 2.30. The second kappa shape index (κ2) is 2.01. The van der Waals surface area contributed by atoms with E-state index in [1.165, 1.54) is 0 Å². The van der Waals surface area contributed by atoms with Crippen LogP contribution in [0.3, 0.4) is 0 Å². The van der Waals surface area contributed by atoms with Crippen LogP contribution in [0.1, 0.15) is 28.4 Å². The van der Waals surface area contributed by atoms with Crippen LogP contribution in [0.4, 0.5) is 0 Å². The molecule has 0 nitrogen and oxygen atoms in total. The van der Waals surface area contributed by atoms with E-state index in [4.69, 9.17) is 2.74 Å². The van der Waals surface area contributed by atoms with Gasteiger partial charge in [0.15, 0.2) is 0 Å². The molecule has 0 saturated heterocycles. The van der Waals surface area contributed by atoms with Crippen LogP contribution < -0.4 is 0 Å². The highest BCUT2D eigenvalue weighted by Crippen LogP contribution is 2.07. The monoisotopic (exact) mass is 84.1 g/mol. The molecule has 0 heteroatoms. The van der Waals surface area contributed by atoms with Gasteiger partial charge in [-0.05, 0) is 25.6 Å². The fourth-order valence-electron chi connectivity index (χ4n) is 0.542. The maximum atomic E-state index is 7.24. The molecule has 1 rings (SSSR count). The van der Waals surface area contributed by atoms with Gasteiger partial charge in [-0.2, -0.15) is 0 Å². The third kappa shape index (κ3) is 0.852. The molecule has 0 spiro atoms. The number of rotatable bonds is 0. The maximum absolute atomic E-state index is 7.24. The van der Waals surface area contributed by atoms with Crippen LogP contribution in [0.5, 0.6) is 0 Å². The summed E-state index contributed by atoms with van der Waals surface area (Å²) in [6.45, 7) is 0. The zero-order valence-electron chi connectivity index (χ0n) is 5.72. The highest BCUT2D eigenvalue weighted by molar-refractivity contribution is 4.85. The predicted molar refractivity (Wildman–Crippen MR) is 27.6 cm³/mol. The minimum absolute atomic E-state index is 0.167. The predicted octanol–water partition coefficient (Wildman–Crippen LogP) is 2.12. The molecular weight excluding hydrogens is 72.1 g/mol. The Morgan fingerprint density at radius 1 is 1.17 bits per heavy atom. The Morgan fingerprint density at radius 3 is 2.00 bits per heavy atom. The Morgan fingerprint density at radius 2 is 1.67 bits per heavy atom. The van der Waals surface area contributed by atoms with Crippen LogP contribution in [0.25, 0.3) is 0 Å². The Bertz CT molecular complexity index is 86.7. The van der Waals surface area contributed by atoms with Gasteiger partial charge in [0.25, 0.3) is 0 Å². The lowest BCUT2D eigenvalue weighted by molar-refractivity contribution is 0.730. The van der Waals surface area contributed by atoms with E-state index < -0.39 is 0 Å². The Kier molecular flexibility index (Phi) is 0.722. The lowest BCUT2D eigenvalue weighted by Crippen LogP contribution is -1.77. The molecule has 2 atom stereocenters. The molecule has 0 aromatic rings. The average molecular weight is 84.2 g/mol. The molecule has 0 radical (unpaired) electrons. The largest absolute Gasteiger partial charge is 0.0885 e.